The van der Waals surface area contributed by atoms with E-state index in [-0.39, 0.29) is 5.41 Å². The standard InChI is InChI=1S/C12H23NO/c1-10-3-7-12(14,8-4-10)11(9-13)5-2-6-11/h10,14H,2-9,13H2,1H3. The van der Waals surface area contributed by atoms with Crippen LogP contribution in [0.1, 0.15) is 51.9 Å². The summed E-state index contributed by atoms with van der Waals surface area (Å²) in [7, 11) is 0. The molecule has 0 amide bonds. The molecule has 14 heavy (non-hydrogen) atoms. The highest BCUT2D eigenvalue weighted by Crippen LogP contribution is 2.54. The molecule has 0 heterocycles. The summed E-state index contributed by atoms with van der Waals surface area (Å²) in [6.45, 7) is 2.97. The molecule has 0 atom stereocenters. The van der Waals surface area contributed by atoms with Crippen molar-refractivity contribution in [1.82, 2.24) is 0 Å². The number of nitrogens with two attached hydrogens (primary N) is 1. The van der Waals surface area contributed by atoms with Crippen molar-refractivity contribution in [3.05, 3.63) is 0 Å². The molecule has 2 heteroatoms. The van der Waals surface area contributed by atoms with Gasteiger partial charge in [0.1, 0.15) is 0 Å². The number of rotatable bonds is 2. The fourth-order valence-electron chi connectivity index (χ4n) is 3.23. The molecule has 82 valence electrons. The zero-order chi connectivity index (χ0) is 10.2. The van der Waals surface area contributed by atoms with Gasteiger partial charge < -0.3 is 10.8 Å². The van der Waals surface area contributed by atoms with E-state index >= 15 is 0 Å². The van der Waals surface area contributed by atoms with Crippen molar-refractivity contribution in [2.24, 2.45) is 17.1 Å². The normalized spacial score (nSPS) is 41.8. The molecule has 0 bridgehead atoms. The van der Waals surface area contributed by atoms with Gasteiger partial charge in [0.25, 0.3) is 0 Å². The van der Waals surface area contributed by atoms with Gasteiger partial charge in [-0.15, -0.1) is 0 Å². The fraction of sp³-hybridized carbons (Fsp3) is 1.00. The topological polar surface area (TPSA) is 46.2 Å². The van der Waals surface area contributed by atoms with E-state index in [1.807, 2.05) is 0 Å². The molecule has 2 aliphatic rings. The van der Waals surface area contributed by atoms with Crippen LogP contribution in [0.4, 0.5) is 0 Å². The van der Waals surface area contributed by atoms with E-state index in [0.717, 1.165) is 31.6 Å². The molecular weight excluding hydrogens is 174 g/mol. The Labute approximate surface area is 86.9 Å². The van der Waals surface area contributed by atoms with Crippen LogP contribution >= 0.6 is 0 Å². The van der Waals surface area contributed by atoms with Gasteiger partial charge in [-0.2, -0.15) is 0 Å². The third-order valence-corrected chi connectivity index (χ3v) is 4.79. The number of hydrogen-bond donors (Lipinski definition) is 2. The molecule has 2 fully saturated rings. The Morgan fingerprint density at radius 2 is 1.79 bits per heavy atom. The van der Waals surface area contributed by atoms with Gasteiger partial charge in [0.05, 0.1) is 5.60 Å². The predicted molar refractivity (Wildman–Crippen MR) is 57.9 cm³/mol. The average molecular weight is 197 g/mol. The molecular formula is C12H23NO. The highest BCUT2D eigenvalue weighted by atomic mass is 16.3. The number of hydrogen-bond acceptors (Lipinski definition) is 2. The monoisotopic (exact) mass is 197 g/mol. The lowest BCUT2D eigenvalue weighted by Gasteiger charge is -2.55. The van der Waals surface area contributed by atoms with E-state index in [1.165, 1.54) is 19.3 Å². The van der Waals surface area contributed by atoms with Crippen molar-refractivity contribution in [2.75, 3.05) is 6.54 Å². The molecule has 0 aromatic rings. The van der Waals surface area contributed by atoms with Crippen LogP contribution in [0.3, 0.4) is 0 Å². The molecule has 2 rings (SSSR count). The van der Waals surface area contributed by atoms with Crippen molar-refractivity contribution >= 4 is 0 Å². The molecule has 2 saturated carbocycles. The van der Waals surface area contributed by atoms with Crippen molar-refractivity contribution in [3.8, 4) is 0 Å². The Morgan fingerprint density at radius 1 is 1.21 bits per heavy atom. The lowest BCUT2D eigenvalue weighted by molar-refractivity contribution is -0.147. The summed E-state index contributed by atoms with van der Waals surface area (Å²) in [5.41, 5.74) is 5.53. The van der Waals surface area contributed by atoms with Gasteiger partial charge in [-0.25, -0.2) is 0 Å². The lowest BCUT2D eigenvalue weighted by Crippen LogP contribution is -2.57. The first-order valence-electron chi connectivity index (χ1n) is 6.04. The fourth-order valence-corrected chi connectivity index (χ4v) is 3.23. The van der Waals surface area contributed by atoms with E-state index in [4.69, 9.17) is 5.73 Å². The van der Waals surface area contributed by atoms with Crippen molar-refractivity contribution in [1.29, 1.82) is 0 Å². The molecule has 2 nitrogen and oxygen atoms in total. The Hall–Kier alpha value is -0.0800. The molecule has 0 unspecified atom stereocenters. The second-order valence-electron chi connectivity index (χ2n) is 5.55. The first-order chi connectivity index (χ1) is 6.62. The highest BCUT2D eigenvalue weighted by Gasteiger charge is 2.53. The zero-order valence-electron chi connectivity index (χ0n) is 9.26. The van der Waals surface area contributed by atoms with Gasteiger partial charge in [-0.3, -0.25) is 0 Å². The van der Waals surface area contributed by atoms with Crippen molar-refractivity contribution in [2.45, 2.75) is 57.5 Å². The van der Waals surface area contributed by atoms with Gasteiger partial charge >= 0.3 is 0 Å². The minimum atomic E-state index is -0.424. The first-order valence-corrected chi connectivity index (χ1v) is 6.04. The molecule has 2 aliphatic carbocycles. The molecule has 0 spiro atoms. The van der Waals surface area contributed by atoms with Gasteiger partial charge in [0.2, 0.25) is 0 Å². The largest absolute Gasteiger partial charge is 0.389 e. The van der Waals surface area contributed by atoms with Crippen LogP contribution < -0.4 is 5.73 Å². The second-order valence-corrected chi connectivity index (χ2v) is 5.55. The van der Waals surface area contributed by atoms with Crippen LogP contribution in [0.25, 0.3) is 0 Å². The molecule has 0 aromatic heterocycles. The zero-order valence-corrected chi connectivity index (χ0v) is 9.26. The van der Waals surface area contributed by atoms with Crippen LogP contribution in [0.2, 0.25) is 0 Å². The lowest BCUT2D eigenvalue weighted by atomic mass is 9.54. The van der Waals surface area contributed by atoms with Crippen LogP contribution in [-0.2, 0) is 0 Å². The first kappa shape index (κ1) is 10.4. The maximum atomic E-state index is 10.7. The second kappa shape index (κ2) is 3.49. The third-order valence-electron chi connectivity index (χ3n) is 4.79. The quantitative estimate of drug-likeness (QED) is 0.711. The molecule has 0 saturated heterocycles. The van der Waals surface area contributed by atoms with Gasteiger partial charge in [-0.1, -0.05) is 13.3 Å². The number of aliphatic hydroxyl groups is 1. The smallest absolute Gasteiger partial charge is 0.0716 e. The van der Waals surface area contributed by atoms with Crippen LogP contribution in [0, 0.1) is 11.3 Å². The highest BCUT2D eigenvalue weighted by molar-refractivity contribution is 5.05. The SMILES string of the molecule is CC1CCC(O)(C2(CN)CCC2)CC1. The van der Waals surface area contributed by atoms with Crippen LogP contribution in [-0.4, -0.2) is 17.3 Å². The van der Waals surface area contributed by atoms with Crippen LogP contribution in [0.5, 0.6) is 0 Å². The summed E-state index contributed by atoms with van der Waals surface area (Å²) in [6, 6.07) is 0. The molecule has 3 N–H and O–H groups in total. The Kier molecular flexibility index (Phi) is 2.61. The molecule has 0 radical (unpaired) electrons. The maximum Gasteiger partial charge on any atom is 0.0716 e. The Bertz CT molecular complexity index is 197. The third kappa shape index (κ3) is 1.40. The van der Waals surface area contributed by atoms with Crippen molar-refractivity contribution < 1.29 is 5.11 Å². The summed E-state index contributed by atoms with van der Waals surface area (Å²) in [5, 5.41) is 10.7. The van der Waals surface area contributed by atoms with E-state index in [1.54, 1.807) is 0 Å². The summed E-state index contributed by atoms with van der Waals surface area (Å²) in [4.78, 5) is 0. The van der Waals surface area contributed by atoms with Gasteiger partial charge in [-0.05, 0) is 44.4 Å². The Morgan fingerprint density at radius 3 is 2.14 bits per heavy atom. The van der Waals surface area contributed by atoms with Gasteiger partial charge in [0, 0.05) is 12.0 Å². The van der Waals surface area contributed by atoms with E-state index in [2.05, 4.69) is 6.92 Å². The maximum absolute atomic E-state index is 10.7. The van der Waals surface area contributed by atoms with Crippen LogP contribution in [0.15, 0.2) is 0 Å². The van der Waals surface area contributed by atoms with E-state index < -0.39 is 5.60 Å². The summed E-state index contributed by atoms with van der Waals surface area (Å²) >= 11 is 0. The summed E-state index contributed by atoms with van der Waals surface area (Å²) in [6.07, 6.45) is 7.87. The van der Waals surface area contributed by atoms with Gasteiger partial charge in [0.15, 0.2) is 0 Å². The Balaban J connectivity index is 2.07. The molecule has 0 aromatic carbocycles. The minimum Gasteiger partial charge on any atom is -0.389 e. The average Bonchev–Trinajstić information content (AvgIpc) is 2.10. The summed E-state index contributed by atoms with van der Waals surface area (Å²) in [5.74, 6) is 0.796. The van der Waals surface area contributed by atoms with Crippen molar-refractivity contribution in [3.63, 3.8) is 0 Å². The van der Waals surface area contributed by atoms with E-state index in [0.29, 0.717) is 6.54 Å². The predicted octanol–water partition coefficient (Wildman–Crippen LogP) is 2.06. The van der Waals surface area contributed by atoms with E-state index in [9.17, 15) is 5.11 Å². The minimum absolute atomic E-state index is 0.0904. The summed E-state index contributed by atoms with van der Waals surface area (Å²) < 4.78 is 0. The molecule has 0 aliphatic heterocycles.